The first-order chi connectivity index (χ1) is 11.3. The van der Waals surface area contributed by atoms with Gasteiger partial charge in [0, 0.05) is 28.1 Å². The number of rotatable bonds is 5. The Balaban J connectivity index is 2.16. The third-order valence-electron chi connectivity index (χ3n) is 4.03. The summed E-state index contributed by atoms with van der Waals surface area (Å²) in [5, 5.41) is 0.901. The Bertz CT molecular complexity index is 737. The van der Waals surface area contributed by atoms with Crippen molar-refractivity contribution in [2.24, 2.45) is 0 Å². The van der Waals surface area contributed by atoms with E-state index in [9.17, 15) is 0 Å². The summed E-state index contributed by atoms with van der Waals surface area (Å²) >= 11 is 3.57. The molecule has 2 aromatic rings. The van der Waals surface area contributed by atoms with Gasteiger partial charge in [-0.05, 0) is 30.2 Å². The molecule has 0 fully saturated rings. The van der Waals surface area contributed by atoms with Crippen LogP contribution in [0.3, 0.4) is 0 Å². The van der Waals surface area contributed by atoms with Crippen LogP contribution in [0.4, 0.5) is 0 Å². The Morgan fingerprint density at radius 2 is 1.87 bits per heavy atom. The van der Waals surface area contributed by atoms with E-state index >= 15 is 0 Å². The molecule has 120 valence electrons. The van der Waals surface area contributed by atoms with E-state index in [2.05, 4.69) is 22.0 Å². The first-order valence-corrected chi connectivity index (χ1v) is 8.63. The van der Waals surface area contributed by atoms with Crippen molar-refractivity contribution in [3.63, 3.8) is 0 Å². The van der Waals surface area contributed by atoms with Gasteiger partial charge in [-0.25, -0.2) is 0 Å². The number of fused-ring (bicyclic) bond motifs is 1. The molecule has 0 saturated heterocycles. The van der Waals surface area contributed by atoms with E-state index in [0.29, 0.717) is 6.61 Å². The standard InChI is InChI=1S/C19H19BrO3/c1-21-13-7-8-16(19(11-13)22-2)17-12-23-18-6-4-3-5-15(18)14(17)9-10-20/h3-8,11H,9-10,12H2,1-2H3. The highest BCUT2D eigenvalue weighted by atomic mass is 79.9. The number of alkyl halides is 1. The molecule has 0 N–H and O–H groups in total. The third-order valence-corrected chi connectivity index (χ3v) is 4.42. The molecule has 0 spiro atoms. The molecule has 2 aromatic carbocycles. The lowest BCUT2D eigenvalue weighted by atomic mass is 9.90. The van der Waals surface area contributed by atoms with Crippen molar-refractivity contribution >= 4 is 27.1 Å². The molecule has 0 amide bonds. The van der Waals surface area contributed by atoms with Crippen LogP contribution in [0.15, 0.2) is 42.5 Å². The Hall–Kier alpha value is -1.94. The van der Waals surface area contributed by atoms with E-state index in [1.807, 2.05) is 36.4 Å². The van der Waals surface area contributed by atoms with Crippen molar-refractivity contribution in [2.45, 2.75) is 6.42 Å². The van der Waals surface area contributed by atoms with Gasteiger partial charge in [0.2, 0.25) is 0 Å². The van der Waals surface area contributed by atoms with E-state index in [4.69, 9.17) is 14.2 Å². The van der Waals surface area contributed by atoms with Gasteiger partial charge in [-0.1, -0.05) is 34.1 Å². The number of hydrogen-bond donors (Lipinski definition) is 0. The van der Waals surface area contributed by atoms with Gasteiger partial charge in [0.25, 0.3) is 0 Å². The molecule has 3 nitrogen and oxygen atoms in total. The second-order valence-electron chi connectivity index (χ2n) is 5.25. The number of allylic oxidation sites excluding steroid dienone is 1. The highest BCUT2D eigenvalue weighted by molar-refractivity contribution is 9.09. The summed E-state index contributed by atoms with van der Waals surface area (Å²) in [6.45, 7) is 0.544. The van der Waals surface area contributed by atoms with Crippen molar-refractivity contribution in [1.29, 1.82) is 0 Å². The fourth-order valence-electron chi connectivity index (χ4n) is 2.91. The fraction of sp³-hybridized carbons (Fsp3) is 0.263. The molecule has 0 bridgehead atoms. The number of methoxy groups -OCH3 is 2. The van der Waals surface area contributed by atoms with Crippen LogP contribution in [-0.2, 0) is 0 Å². The summed E-state index contributed by atoms with van der Waals surface area (Å²) in [5.74, 6) is 2.53. The number of halogens is 1. The minimum Gasteiger partial charge on any atom is -0.497 e. The monoisotopic (exact) mass is 374 g/mol. The molecule has 0 aliphatic carbocycles. The third kappa shape index (κ3) is 3.08. The molecule has 4 heteroatoms. The average Bonchev–Trinajstić information content (AvgIpc) is 2.61. The largest absolute Gasteiger partial charge is 0.497 e. The molecule has 0 aromatic heterocycles. The second kappa shape index (κ2) is 7.09. The van der Waals surface area contributed by atoms with Crippen molar-refractivity contribution in [2.75, 3.05) is 26.2 Å². The van der Waals surface area contributed by atoms with E-state index < -0.39 is 0 Å². The normalized spacial score (nSPS) is 13.3. The summed E-state index contributed by atoms with van der Waals surface area (Å²) in [4.78, 5) is 0. The number of para-hydroxylation sites is 1. The summed E-state index contributed by atoms with van der Waals surface area (Å²) in [6.07, 6.45) is 0.935. The minimum atomic E-state index is 0.544. The average molecular weight is 375 g/mol. The van der Waals surface area contributed by atoms with E-state index in [-0.39, 0.29) is 0 Å². The molecule has 23 heavy (non-hydrogen) atoms. The molecule has 0 saturated carbocycles. The van der Waals surface area contributed by atoms with Crippen molar-refractivity contribution < 1.29 is 14.2 Å². The number of benzene rings is 2. The predicted molar refractivity (Wildman–Crippen MR) is 96.7 cm³/mol. The molecule has 1 heterocycles. The summed E-state index contributed by atoms with van der Waals surface area (Å²) in [7, 11) is 3.34. The van der Waals surface area contributed by atoms with Gasteiger partial charge in [-0.2, -0.15) is 0 Å². The zero-order valence-corrected chi connectivity index (χ0v) is 14.9. The first kappa shape index (κ1) is 15.9. The van der Waals surface area contributed by atoms with Crippen LogP contribution < -0.4 is 14.2 Å². The lowest BCUT2D eigenvalue weighted by Crippen LogP contribution is -2.12. The van der Waals surface area contributed by atoms with Crippen LogP contribution in [-0.4, -0.2) is 26.2 Å². The van der Waals surface area contributed by atoms with Crippen molar-refractivity contribution in [1.82, 2.24) is 0 Å². The fourth-order valence-corrected chi connectivity index (χ4v) is 3.31. The van der Waals surface area contributed by atoms with Gasteiger partial charge >= 0.3 is 0 Å². The van der Waals surface area contributed by atoms with Gasteiger partial charge in [0.05, 0.1) is 14.2 Å². The maximum absolute atomic E-state index is 5.96. The lowest BCUT2D eigenvalue weighted by Gasteiger charge is -2.25. The highest BCUT2D eigenvalue weighted by Crippen LogP contribution is 2.42. The summed E-state index contributed by atoms with van der Waals surface area (Å²) in [5.41, 5.74) is 4.68. The van der Waals surface area contributed by atoms with Gasteiger partial charge in [-0.3, -0.25) is 0 Å². The molecule has 0 atom stereocenters. The SMILES string of the molecule is COc1ccc(C2=C(CCBr)c3ccccc3OC2)c(OC)c1. The Morgan fingerprint density at radius 1 is 1.04 bits per heavy atom. The van der Waals surface area contributed by atoms with Crippen LogP contribution in [0.25, 0.3) is 11.1 Å². The minimum absolute atomic E-state index is 0.544. The van der Waals surface area contributed by atoms with E-state index in [0.717, 1.165) is 40.1 Å². The molecule has 1 aliphatic rings. The first-order valence-electron chi connectivity index (χ1n) is 7.51. The van der Waals surface area contributed by atoms with Crippen LogP contribution in [0, 0.1) is 0 Å². The van der Waals surface area contributed by atoms with E-state index in [1.54, 1.807) is 14.2 Å². The van der Waals surface area contributed by atoms with Gasteiger partial charge in [0.1, 0.15) is 23.9 Å². The zero-order valence-electron chi connectivity index (χ0n) is 13.3. The molecule has 1 aliphatic heterocycles. The van der Waals surface area contributed by atoms with Crippen LogP contribution in [0.5, 0.6) is 17.2 Å². The topological polar surface area (TPSA) is 27.7 Å². The van der Waals surface area contributed by atoms with Crippen molar-refractivity contribution in [3.05, 3.63) is 53.6 Å². The summed E-state index contributed by atoms with van der Waals surface area (Å²) < 4.78 is 16.8. The van der Waals surface area contributed by atoms with Gasteiger partial charge in [0.15, 0.2) is 0 Å². The second-order valence-corrected chi connectivity index (χ2v) is 6.04. The molecular weight excluding hydrogens is 356 g/mol. The smallest absolute Gasteiger partial charge is 0.130 e. The quantitative estimate of drug-likeness (QED) is 0.704. The molecule has 3 rings (SSSR count). The zero-order chi connectivity index (χ0) is 16.2. The van der Waals surface area contributed by atoms with Crippen LogP contribution in [0.1, 0.15) is 17.5 Å². The van der Waals surface area contributed by atoms with Crippen LogP contribution in [0.2, 0.25) is 0 Å². The van der Waals surface area contributed by atoms with Gasteiger partial charge < -0.3 is 14.2 Å². The van der Waals surface area contributed by atoms with Crippen LogP contribution >= 0.6 is 15.9 Å². The van der Waals surface area contributed by atoms with Crippen molar-refractivity contribution in [3.8, 4) is 17.2 Å². The molecule has 0 unspecified atom stereocenters. The number of hydrogen-bond acceptors (Lipinski definition) is 3. The number of ether oxygens (including phenoxy) is 3. The molecular formula is C19H19BrO3. The Kier molecular flexibility index (Phi) is 4.91. The Labute approximate surface area is 145 Å². The maximum Gasteiger partial charge on any atom is 0.130 e. The van der Waals surface area contributed by atoms with Gasteiger partial charge in [-0.15, -0.1) is 0 Å². The maximum atomic E-state index is 5.96. The molecule has 0 radical (unpaired) electrons. The Morgan fingerprint density at radius 3 is 2.61 bits per heavy atom. The highest BCUT2D eigenvalue weighted by Gasteiger charge is 2.22. The lowest BCUT2D eigenvalue weighted by molar-refractivity contribution is 0.361. The van der Waals surface area contributed by atoms with E-state index in [1.165, 1.54) is 11.1 Å². The predicted octanol–water partition coefficient (Wildman–Crippen LogP) is 4.79. The summed E-state index contributed by atoms with van der Waals surface area (Å²) in [6, 6.07) is 14.1.